The molecule has 0 saturated carbocycles. The summed E-state index contributed by atoms with van der Waals surface area (Å²) in [6.45, 7) is 6.95. The largest absolute Gasteiger partial charge is 0.409 e. The number of amidine groups is 1. The van der Waals surface area contributed by atoms with E-state index in [0.29, 0.717) is 13.0 Å². The normalized spacial score (nSPS) is 21.4. The Morgan fingerprint density at radius 1 is 1.50 bits per heavy atom. The summed E-state index contributed by atoms with van der Waals surface area (Å²) in [7, 11) is 2.12. The van der Waals surface area contributed by atoms with Crippen LogP contribution in [-0.2, 0) is 4.79 Å². The number of rotatable bonds is 6. The van der Waals surface area contributed by atoms with E-state index in [-0.39, 0.29) is 17.2 Å². The third kappa shape index (κ3) is 4.67. The van der Waals surface area contributed by atoms with Crippen LogP contribution in [0.25, 0.3) is 0 Å². The zero-order valence-corrected chi connectivity index (χ0v) is 12.9. The molecule has 6 nitrogen and oxygen atoms in total. The first-order valence-corrected chi connectivity index (χ1v) is 7.35. The van der Waals surface area contributed by atoms with Crippen LogP contribution in [0.15, 0.2) is 5.16 Å². The molecule has 0 spiro atoms. The minimum atomic E-state index is -0.528. The summed E-state index contributed by atoms with van der Waals surface area (Å²) in [4.78, 5) is 14.5. The Morgan fingerprint density at radius 3 is 2.60 bits per heavy atom. The lowest BCUT2D eigenvalue weighted by molar-refractivity contribution is -0.123. The summed E-state index contributed by atoms with van der Waals surface area (Å²) in [5.41, 5.74) is 5.74. The first-order chi connectivity index (χ1) is 9.41. The van der Waals surface area contributed by atoms with Gasteiger partial charge < -0.3 is 21.2 Å². The number of nitrogens with two attached hydrogens (primary N) is 1. The Morgan fingerprint density at radius 2 is 2.10 bits per heavy atom. The second-order valence-electron chi connectivity index (χ2n) is 6.20. The van der Waals surface area contributed by atoms with Crippen molar-refractivity contribution in [2.24, 2.45) is 22.2 Å². The SMILES string of the molecule is CCCC(C(=O)NCC1(C)CCN(C)CC1)C(N)=NO. The molecule has 1 atom stereocenters. The number of oxime groups is 1. The van der Waals surface area contributed by atoms with Crippen molar-refractivity contribution in [3.63, 3.8) is 0 Å². The Bertz CT molecular complexity index is 349. The van der Waals surface area contributed by atoms with E-state index in [0.717, 1.165) is 32.4 Å². The molecule has 1 unspecified atom stereocenters. The van der Waals surface area contributed by atoms with Crippen LogP contribution >= 0.6 is 0 Å². The molecule has 0 aromatic rings. The number of hydrogen-bond donors (Lipinski definition) is 3. The fourth-order valence-corrected chi connectivity index (χ4v) is 2.53. The Balaban J connectivity index is 2.52. The van der Waals surface area contributed by atoms with E-state index >= 15 is 0 Å². The summed E-state index contributed by atoms with van der Waals surface area (Å²) < 4.78 is 0. The molecule has 1 aliphatic heterocycles. The number of nitrogens with one attached hydrogen (secondary N) is 1. The van der Waals surface area contributed by atoms with Gasteiger partial charge in [0.05, 0.1) is 5.92 Å². The minimum absolute atomic E-state index is 0.00196. The van der Waals surface area contributed by atoms with E-state index < -0.39 is 5.92 Å². The van der Waals surface area contributed by atoms with E-state index in [1.54, 1.807) is 0 Å². The van der Waals surface area contributed by atoms with Crippen LogP contribution in [0.1, 0.15) is 39.5 Å². The van der Waals surface area contributed by atoms with Crippen LogP contribution in [-0.4, -0.2) is 48.5 Å². The molecule has 1 amide bonds. The van der Waals surface area contributed by atoms with Crippen molar-refractivity contribution in [3.8, 4) is 0 Å². The van der Waals surface area contributed by atoms with Crippen molar-refractivity contribution < 1.29 is 10.0 Å². The van der Waals surface area contributed by atoms with Crippen molar-refractivity contribution in [2.75, 3.05) is 26.7 Å². The first-order valence-electron chi connectivity index (χ1n) is 7.35. The fourth-order valence-electron chi connectivity index (χ4n) is 2.53. The summed E-state index contributed by atoms with van der Waals surface area (Å²) in [6, 6.07) is 0. The highest BCUT2D eigenvalue weighted by Gasteiger charge is 2.30. The third-order valence-electron chi connectivity index (χ3n) is 4.25. The zero-order valence-electron chi connectivity index (χ0n) is 12.9. The van der Waals surface area contributed by atoms with E-state index in [4.69, 9.17) is 10.9 Å². The number of amides is 1. The van der Waals surface area contributed by atoms with Gasteiger partial charge >= 0.3 is 0 Å². The molecule has 1 rings (SSSR count). The van der Waals surface area contributed by atoms with Crippen LogP contribution in [0, 0.1) is 11.3 Å². The molecule has 1 aliphatic rings. The van der Waals surface area contributed by atoms with Crippen molar-refractivity contribution in [3.05, 3.63) is 0 Å². The zero-order chi connectivity index (χ0) is 15.2. The predicted octanol–water partition coefficient (Wildman–Crippen LogP) is 0.997. The van der Waals surface area contributed by atoms with Gasteiger partial charge in [-0.15, -0.1) is 0 Å². The third-order valence-corrected chi connectivity index (χ3v) is 4.25. The van der Waals surface area contributed by atoms with Crippen LogP contribution in [0.5, 0.6) is 0 Å². The van der Waals surface area contributed by atoms with Gasteiger partial charge in [0.25, 0.3) is 0 Å². The lowest BCUT2D eigenvalue weighted by Crippen LogP contribution is -2.46. The fraction of sp³-hybridized carbons (Fsp3) is 0.857. The van der Waals surface area contributed by atoms with Gasteiger partial charge in [-0.05, 0) is 44.8 Å². The quantitative estimate of drug-likeness (QED) is 0.294. The molecule has 0 aromatic carbocycles. The number of carbonyl (C=O) groups excluding carboxylic acids is 1. The number of hydrogen-bond acceptors (Lipinski definition) is 4. The lowest BCUT2D eigenvalue weighted by atomic mass is 9.80. The molecule has 1 saturated heterocycles. The van der Waals surface area contributed by atoms with Gasteiger partial charge in [0.15, 0.2) is 5.84 Å². The van der Waals surface area contributed by atoms with E-state index in [9.17, 15) is 4.79 Å². The Kier molecular flexibility index (Phi) is 6.26. The van der Waals surface area contributed by atoms with Crippen LogP contribution in [0.2, 0.25) is 0 Å². The Labute approximate surface area is 121 Å². The molecule has 0 radical (unpaired) electrons. The number of likely N-dealkylation sites (tertiary alicyclic amines) is 1. The van der Waals surface area contributed by atoms with Crippen molar-refractivity contribution in [1.82, 2.24) is 10.2 Å². The van der Waals surface area contributed by atoms with Gasteiger partial charge in [-0.2, -0.15) is 0 Å². The highest BCUT2D eigenvalue weighted by atomic mass is 16.4. The van der Waals surface area contributed by atoms with Crippen LogP contribution in [0.3, 0.4) is 0 Å². The molecule has 1 fully saturated rings. The number of nitrogens with zero attached hydrogens (tertiary/aromatic N) is 2. The maximum atomic E-state index is 12.2. The maximum absolute atomic E-state index is 12.2. The van der Waals surface area contributed by atoms with Gasteiger partial charge in [0.1, 0.15) is 0 Å². The monoisotopic (exact) mass is 284 g/mol. The van der Waals surface area contributed by atoms with Crippen molar-refractivity contribution in [2.45, 2.75) is 39.5 Å². The first kappa shape index (κ1) is 16.8. The van der Waals surface area contributed by atoms with Gasteiger partial charge in [0, 0.05) is 6.54 Å². The molecule has 1 heterocycles. The van der Waals surface area contributed by atoms with Crippen molar-refractivity contribution >= 4 is 11.7 Å². The molecular formula is C14H28N4O2. The molecule has 116 valence electrons. The van der Waals surface area contributed by atoms with Crippen molar-refractivity contribution in [1.29, 1.82) is 0 Å². The van der Waals surface area contributed by atoms with Gasteiger partial charge in [0.2, 0.25) is 5.91 Å². The molecule has 0 aromatic heterocycles. The topological polar surface area (TPSA) is 91.0 Å². The van der Waals surface area contributed by atoms with E-state index in [1.165, 1.54) is 0 Å². The van der Waals surface area contributed by atoms with E-state index in [1.807, 2.05) is 6.92 Å². The molecule has 6 heteroatoms. The van der Waals surface area contributed by atoms with E-state index in [2.05, 4.69) is 29.3 Å². The van der Waals surface area contributed by atoms with Gasteiger partial charge in [-0.25, -0.2) is 0 Å². The van der Waals surface area contributed by atoms with Crippen LogP contribution < -0.4 is 11.1 Å². The molecular weight excluding hydrogens is 256 g/mol. The standard InChI is InChI=1S/C14H28N4O2/c1-4-5-11(12(15)17-20)13(19)16-10-14(2)6-8-18(3)9-7-14/h11,20H,4-10H2,1-3H3,(H2,15,17)(H,16,19). The molecule has 0 aliphatic carbocycles. The highest BCUT2D eigenvalue weighted by molar-refractivity contribution is 6.02. The average Bonchev–Trinajstić information content (AvgIpc) is 2.45. The summed E-state index contributed by atoms with van der Waals surface area (Å²) in [6.07, 6.45) is 3.56. The number of carbonyl (C=O) groups is 1. The minimum Gasteiger partial charge on any atom is -0.409 e. The molecule has 4 N–H and O–H groups in total. The predicted molar refractivity (Wildman–Crippen MR) is 79.7 cm³/mol. The number of piperidine rings is 1. The Hall–Kier alpha value is -1.30. The van der Waals surface area contributed by atoms with Crippen LogP contribution in [0.4, 0.5) is 0 Å². The lowest BCUT2D eigenvalue weighted by Gasteiger charge is -2.38. The summed E-state index contributed by atoms with van der Waals surface area (Å²) in [5, 5.41) is 14.7. The average molecular weight is 284 g/mol. The second kappa shape index (κ2) is 7.47. The molecule has 20 heavy (non-hydrogen) atoms. The maximum Gasteiger partial charge on any atom is 0.230 e. The second-order valence-corrected chi connectivity index (χ2v) is 6.20. The van der Waals surface area contributed by atoms with Gasteiger partial charge in [-0.1, -0.05) is 25.4 Å². The highest BCUT2D eigenvalue weighted by Crippen LogP contribution is 2.29. The summed E-state index contributed by atoms with van der Waals surface area (Å²) in [5.74, 6) is -0.667. The summed E-state index contributed by atoms with van der Waals surface area (Å²) >= 11 is 0. The smallest absolute Gasteiger partial charge is 0.230 e. The van der Waals surface area contributed by atoms with Gasteiger partial charge in [-0.3, -0.25) is 4.79 Å². The molecule has 0 bridgehead atoms.